The molecule has 1 heterocycles. The van der Waals surface area contributed by atoms with Crippen LogP contribution in [0.25, 0.3) is 0 Å². The summed E-state index contributed by atoms with van der Waals surface area (Å²) in [5.41, 5.74) is 7.08. The lowest BCUT2D eigenvalue weighted by molar-refractivity contribution is 0.454. The number of sulfonamides is 1. The van der Waals surface area contributed by atoms with Gasteiger partial charge in [-0.2, -0.15) is 0 Å². The van der Waals surface area contributed by atoms with Crippen LogP contribution < -0.4 is 10.5 Å². The number of anilines is 1. The number of nitrogens with two attached hydrogens (primary N) is 1. The van der Waals surface area contributed by atoms with Gasteiger partial charge in [-0.15, -0.1) is 0 Å². The maximum Gasteiger partial charge on any atom is 0.260 e. The third-order valence-corrected chi connectivity index (χ3v) is 4.90. The average Bonchev–Trinajstić information content (AvgIpc) is 2.77. The Morgan fingerprint density at radius 2 is 2.20 bits per heavy atom. The third-order valence-electron chi connectivity index (χ3n) is 2.42. The first kappa shape index (κ1) is 14.9. The number of hydrogen-bond donors (Lipinski definition) is 2. The van der Waals surface area contributed by atoms with Gasteiger partial charge in [0.2, 0.25) is 10.0 Å². The lowest BCUT2D eigenvalue weighted by Gasteiger charge is -2.08. The van der Waals surface area contributed by atoms with Crippen molar-refractivity contribution in [3.05, 3.63) is 30.2 Å². The van der Waals surface area contributed by atoms with Crippen LogP contribution in [0.5, 0.6) is 0 Å². The highest BCUT2D eigenvalue weighted by Crippen LogP contribution is 2.33. The third kappa shape index (κ3) is 3.33. The van der Waals surface area contributed by atoms with Crippen LogP contribution in [0.2, 0.25) is 0 Å². The van der Waals surface area contributed by atoms with Crippen LogP contribution in [-0.2, 0) is 10.0 Å². The number of oxazole rings is 1. The molecule has 0 aliphatic carbocycles. The maximum absolute atomic E-state index is 12.0. The molecule has 2 aromatic rings. The van der Waals surface area contributed by atoms with Gasteiger partial charge < -0.3 is 10.2 Å². The summed E-state index contributed by atoms with van der Waals surface area (Å²) in [5.74, 6) is 0. The second-order valence-electron chi connectivity index (χ2n) is 4.06. The van der Waals surface area contributed by atoms with Gasteiger partial charge in [-0.3, -0.25) is 0 Å². The number of nitrogen functional groups attached to an aromatic ring is 1. The Hall–Kier alpha value is -1.51. The largest absolute Gasteiger partial charge is 0.439 e. The second-order valence-corrected chi connectivity index (χ2v) is 6.82. The smallest absolute Gasteiger partial charge is 0.260 e. The van der Waals surface area contributed by atoms with Gasteiger partial charge in [0.25, 0.3) is 5.22 Å². The molecule has 0 saturated carbocycles. The number of hydrogen-bond acceptors (Lipinski definition) is 6. The van der Waals surface area contributed by atoms with E-state index in [0.717, 1.165) is 5.69 Å². The highest BCUT2D eigenvalue weighted by Gasteiger charge is 2.16. The van der Waals surface area contributed by atoms with Crippen LogP contribution in [0.1, 0.15) is 12.6 Å². The molecule has 8 heteroatoms. The van der Waals surface area contributed by atoms with E-state index in [9.17, 15) is 8.42 Å². The summed E-state index contributed by atoms with van der Waals surface area (Å²) in [6, 6.07) is 4.54. The van der Waals surface area contributed by atoms with E-state index in [1.165, 1.54) is 30.2 Å². The zero-order valence-corrected chi connectivity index (χ0v) is 12.7. The van der Waals surface area contributed by atoms with Crippen molar-refractivity contribution >= 4 is 27.5 Å². The molecule has 2 rings (SSSR count). The SMILES string of the molecule is CCNS(=O)(=O)c1ccc(N)c(Sc2nc(C)co2)c1. The van der Waals surface area contributed by atoms with E-state index in [1.54, 1.807) is 13.0 Å². The van der Waals surface area contributed by atoms with Crippen LogP contribution in [0.15, 0.2) is 43.9 Å². The molecule has 1 aromatic heterocycles. The van der Waals surface area contributed by atoms with Gasteiger partial charge in [-0.25, -0.2) is 18.1 Å². The fourth-order valence-corrected chi connectivity index (χ4v) is 3.50. The quantitative estimate of drug-likeness (QED) is 0.819. The van der Waals surface area contributed by atoms with E-state index in [0.29, 0.717) is 22.4 Å². The average molecular weight is 313 g/mol. The van der Waals surface area contributed by atoms with E-state index >= 15 is 0 Å². The number of aryl methyl sites for hydroxylation is 1. The van der Waals surface area contributed by atoms with Crippen molar-refractivity contribution in [1.29, 1.82) is 0 Å². The molecule has 108 valence electrons. The fraction of sp³-hybridized carbons (Fsp3) is 0.250. The molecular weight excluding hydrogens is 298 g/mol. The Bertz CT molecular complexity index is 710. The van der Waals surface area contributed by atoms with E-state index < -0.39 is 10.0 Å². The molecule has 0 amide bonds. The Labute approximate surface area is 121 Å². The number of rotatable bonds is 5. The Morgan fingerprint density at radius 1 is 1.45 bits per heavy atom. The molecule has 0 fully saturated rings. The molecule has 0 radical (unpaired) electrons. The summed E-state index contributed by atoms with van der Waals surface area (Å²) in [7, 11) is -3.51. The minimum atomic E-state index is -3.51. The van der Waals surface area contributed by atoms with Gasteiger partial charge in [0.05, 0.1) is 10.6 Å². The lowest BCUT2D eigenvalue weighted by Crippen LogP contribution is -2.23. The van der Waals surface area contributed by atoms with Crippen molar-refractivity contribution in [2.24, 2.45) is 0 Å². The lowest BCUT2D eigenvalue weighted by atomic mass is 10.3. The molecule has 0 atom stereocenters. The molecule has 6 nitrogen and oxygen atoms in total. The summed E-state index contributed by atoms with van der Waals surface area (Å²) in [5, 5.41) is 0.423. The minimum Gasteiger partial charge on any atom is -0.439 e. The summed E-state index contributed by atoms with van der Waals surface area (Å²) in [6.07, 6.45) is 1.53. The van der Waals surface area contributed by atoms with Gasteiger partial charge in [-0.05, 0) is 36.9 Å². The van der Waals surface area contributed by atoms with Crippen LogP contribution in [-0.4, -0.2) is 19.9 Å². The normalized spacial score (nSPS) is 11.7. The van der Waals surface area contributed by atoms with Crippen molar-refractivity contribution in [2.45, 2.75) is 28.9 Å². The number of nitrogens with one attached hydrogen (secondary N) is 1. The van der Waals surface area contributed by atoms with Gasteiger partial charge in [0, 0.05) is 17.1 Å². The first-order valence-electron chi connectivity index (χ1n) is 5.91. The predicted octanol–water partition coefficient (Wildman–Crippen LogP) is 2.01. The summed E-state index contributed by atoms with van der Waals surface area (Å²) >= 11 is 1.19. The fourth-order valence-electron chi connectivity index (χ4n) is 1.52. The van der Waals surface area contributed by atoms with E-state index in [4.69, 9.17) is 10.2 Å². The van der Waals surface area contributed by atoms with Gasteiger partial charge in [0.1, 0.15) is 6.26 Å². The first-order valence-corrected chi connectivity index (χ1v) is 8.21. The topological polar surface area (TPSA) is 98.2 Å². The van der Waals surface area contributed by atoms with Crippen molar-refractivity contribution < 1.29 is 12.8 Å². The minimum absolute atomic E-state index is 0.166. The summed E-state index contributed by atoms with van der Waals surface area (Å²) < 4.78 is 31.6. The molecule has 0 unspecified atom stereocenters. The Balaban J connectivity index is 2.34. The first-order chi connectivity index (χ1) is 9.42. The summed E-state index contributed by atoms with van der Waals surface area (Å²) in [4.78, 5) is 4.91. The Kier molecular flexibility index (Phi) is 4.36. The molecule has 20 heavy (non-hydrogen) atoms. The molecule has 0 saturated heterocycles. The van der Waals surface area contributed by atoms with Gasteiger partial charge in [0.15, 0.2) is 0 Å². The highest BCUT2D eigenvalue weighted by molar-refractivity contribution is 7.99. The van der Waals surface area contributed by atoms with Crippen molar-refractivity contribution in [3.63, 3.8) is 0 Å². The van der Waals surface area contributed by atoms with Crippen LogP contribution in [0.3, 0.4) is 0 Å². The predicted molar refractivity (Wildman–Crippen MR) is 77.1 cm³/mol. The maximum atomic E-state index is 12.0. The molecule has 0 aliphatic heterocycles. The van der Waals surface area contributed by atoms with Gasteiger partial charge in [-0.1, -0.05) is 6.92 Å². The summed E-state index contributed by atoms with van der Waals surface area (Å²) in [6.45, 7) is 3.86. The van der Waals surface area contributed by atoms with E-state index in [2.05, 4.69) is 9.71 Å². The van der Waals surface area contributed by atoms with Crippen molar-refractivity contribution in [3.8, 4) is 0 Å². The molecule has 0 bridgehead atoms. The molecule has 0 aliphatic rings. The van der Waals surface area contributed by atoms with E-state index in [1.807, 2.05) is 6.92 Å². The van der Waals surface area contributed by atoms with Gasteiger partial charge >= 0.3 is 0 Å². The highest BCUT2D eigenvalue weighted by atomic mass is 32.2. The van der Waals surface area contributed by atoms with Crippen molar-refractivity contribution in [1.82, 2.24) is 9.71 Å². The number of nitrogens with zero attached hydrogens (tertiary/aromatic N) is 1. The van der Waals surface area contributed by atoms with Crippen LogP contribution in [0, 0.1) is 6.92 Å². The molecule has 1 aromatic carbocycles. The number of benzene rings is 1. The number of aromatic nitrogens is 1. The zero-order valence-electron chi connectivity index (χ0n) is 11.1. The van der Waals surface area contributed by atoms with Crippen LogP contribution in [0.4, 0.5) is 5.69 Å². The molecular formula is C12H15N3O3S2. The Morgan fingerprint density at radius 3 is 2.80 bits per heavy atom. The van der Waals surface area contributed by atoms with E-state index in [-0.39, 0.29) is 4.90 Å². The van der Waals surface area contributed by atoms with Crippen molar-refractivity contribution in [2.75, 3.05) is 12.3 Å². The zero-order chi connectivity index (χ0) is 14.8. The standard InChI is InChI=1S/C12H15N3O3S2/c1-3-14-20(16,17)9-4-5-10(13)11(6-9)19-12-15-8(2)7-18-12/h4-7,14H,3,13H2,1-2H3. The monoisotopic (exact) mass is 313 g/mol. The van der Waals surface area contributed by atoms with Crippen LogP contribution >= 0.6 is 11.8 Å². The molecule has 3 N–H and O–H groups in total. The second kappa shape index (κ2) is 5.86. The molecule has 0 spiro atoms.